The molecule has 1 aliphatic rings. The second-order valence-electron chi connectivity index (χ2n) is 5.48. The van der Waals surface area contributed by atoms with Gasteiger partial charge in [0, 0.05) is 40.9 Å². The summed E-state index contributed by atoms with van der Waals surface area (Å²) < 4.78 is 11.3. The molecule has 0 saturated carbocycles. The number of hydrogen-bond donors (Lipinski definition) is 1. The standard InChI is InChI=1S/C13H28N2OS/c1-11(2)15-8-5-6-13(7-9-15)14-10-12(3)17(4)16/h11-14H,5-10H2,1-4H3. The van der Waals surface area contributed by atoms with Crippen molar-refractivity contribution in [2.24, 2.45) is 0 Å². The first-order valence-electron chi connectivity index (χ1n) is 6.80. The second kappa shape index (κ2) is 7.49. The van der Waals surface area contributed by atoms with Crippen molar-refractivity contribution in [3.8, 4) is 0 Å². The minimum atomic E-state index is -0.706. The van der Waals surface area contributed by atoms with Gasteiger partial charge >= 0.3 is 0 Å². The van der Waals surface area contributed by atoms with Crippen molar-refractivity contribution in [2.45, 2.75) is 57.4 Å². The third-order valence-electron chi connectivity index (χ3n) is 3.75. The van der Waals surface area contributed by atoms with E-state index < -0.39 is 10.8 Å². The lowest BCUT2D eigenvalue weighted by molar-refractivity contribution is 0.229. The fraction of sp³-hybridized carbons (Fsp3) is 1.00. The molecule has 4 heteroatoms. The van der Waals surface area contributed by atoms with Crippen LogP contribution in [-0.2, 0) is 10.8 Å². The van der Waals surface area contributed by atoms with Gasteiger partial charge in [-0.1, -0.05) is 0 Å². The number of rotatable bonds is 5. The van der Waals surface area contributed by atoms with Gasteiger partial charge in [0.1, 0.15) is 0 Å². The van der Waals surface area contributed by atoms with Crippen LogP contribution in [0.15, 0.2) is 0 Å². The minimum Gasteiger partial charge on any atom is -0.313 e. The number of nitrogens with zero attached hydrogens (tertiary/aromatic N) is 1. The maximum atomic E-state index is 11.3. The van der Waals surface area contributed by atoms with Gasteiger partial charge in [0.25, 0.3) is 0 Å². The summed E-state index contributed by atoms with van der Waals surface area (Å²) in [6.07, 6.45) is 5.55. The number of nitrogens with one attached hydrogen (secondary N) is 1. The zero-order chi connectivity index (χ0) is 12.8. The molecule has 1 heterocycles. The molecule has 102 valence electrons. The molecule has 0 spiro atoms. The highest BCUT2D eigenvalue weighted by molar-refractivity contribution is 7.84. The Morgan fingerprint density at radius 2 is 2.00 bits per heavy atom. The van der Waals surface area contributed by atoms with Crippen LogP contribution in [0.5, 0.6) is 0 Å². The third kappa shape index (κ3) is 5.49. The van der Waals surface area contributed by atoms with E-state index in [-0.39, 0.29) is 5.25 Å². The highest BCUT2D eigenvalue weighted by Gasteiger charge is 2.19. The molecule has 0 aliphatic carbocycles. The van der Waals surface area contributed by atoms with Crippen molar-refractivity contribution in [1.29, 1.82) is 0 Å². The Morgan fingerprint density at radius 1 is 1.29 bits per heavy atom. The van der Waals surface area contributed by atoms with E-state index in [0.29, 0.717) is 12.1 Å². The average Bonchev–Trinajstić information content (AvgIpc) is 2.50. The molecule has 1 N–H and O–H groups in total. The van der Waals surface area contributed by atoms with Crippen molar-refractivity contribution in [3.63, 3.8) is 0 Å². The Kier molecular flexibility index (Phi) is 6.67. The van der Waals surface area contributed by atoms with E-state index in [0.717, 1.165) is 6.54 Å². The molecular formula is C13H28N2OS. The van der Waals surface area contributed by atoms with Gasteiger partial charge in [-0.3, -0.25) is 4.21 Å². The largest absolute Gasteiger partial charge is 0.313 e. The summed E-state index contributed by atoms with van der Waals surface area (Å²) in [5, 5.41) is 3.85. The number of hydrogen-bond acceptors (Lipinski definition) is 3. The number of likely N-dealkylation sites (tertiary alicyclic amines) is 1. The highest BCUT2D eigenvalue weighted by atomic mass is 32.2. The topological polar surface area (TPSA) is 32.3 Å². The lowest BCUT2D eigenvalue weighted by Crippen LogP contribution is -2.37. The first-order chi connectivity index (χ1) is 8.00. The summed E-state index contributed by atoms with van der Waals surface area (Å²) in [5.74, 6) is 0. The van der Waals surface area contributed by atoms with E-state index in [9.17, 15) is 4.21 Å². The van der Waals surface area contributed by atoms with Gasteiger partial charge in [-0.15, -0.1) is 0 Å². The van der Waals surface area contributed by atoms with Crippen LogP contribution in [0.25, 0.3) is 0 Å². The lowest BCUT2D eigenvalue weighted by atomic mass is 10.1. The van der Waals surface area contributed by atoms with Crippen molar-refractivity contribution >= 4 is 10.8 Å². The summed E-state index contributed by atoms with van der Waals surface area (Å²) in [7, 11) is -0.706. The SMILES string of the molecule is CC(C)N1CCCC(NCC(C)S(C)=O)CC1. The zero-order valence-electron chi connectivity index (χ0n) is 11.7. The highest BCUT2D eigenvalue weighted by Crippen LogP contribution is 2.13. The zero-order valence-corrected chi connectivity index (χ0v) is 12.6. The van der Waals surface area contributed by atoms with Crippen LogP contribution in [0, 0.1) is 0 Å². The monoisotopic (exact) mass is 260 g/mol. The Labute approximate surface area is 109 Å². The smallest absolute Gasteiger partial charge is 0.0441 e. The molecule has 0 bridgehead atoms. The molecule has 1 rings (SSSR count). The third-order valence-corrected chi connectivity index (χ3v) is 5.05. The molecule has 3 atom stereocenters. The van der Waals surface area contributed by atoms with Gasteiger partial charge in [-0.25, -0.2) is 0 Å². The normalized spacial score (nSPS) is 26.8. The Hall–Kier alpha value is 0.0700. The van der Waals surface area contributed by atoms with E-state index in [4.69, 9.17) is 0 Å². The van der Waals surface area contributed by atoms with Gasteiger partial charge in [-0.2, -0.15) is 0 Å². The molecular weight excluding hydrogens is 232 g/mol. The molecule has 0 aromatic heterocycles. The second-order valence-corrected chi connectivity index (χ2v) is 7.28. The Balaban J connectivity index is 2.29. The molecule has 3 unspecified atom stereocenters. The average molecular weight is 260 g/mol. The van der Waals surface area contributed by atoms with E-state index in [1.807, 2.05) is 0 Å². The minimum absolute atomic E-state index is 0.263. The first-order valence-corrected chi connectivity index (χ1v) is 8.42. The fourth-order valence-corrected chi connectivity index (χ4v) is 2.62. The van der Waals surface area contributed by atoms with Crippen molar-refractivity contribution in [3.05, 3.63) is 0 Å². The van der Waals surface area contributed by atoms with Crippen LogP contribution < -0.4 is 5.32 Å². The van der Waals surface area contributed by atoms with Gasteiger partial charge in [0.2, 0.25) is 0 Å². The maximum Gasteiger partial charge on any atom is 0.0441 e. The molecule has 1 saturated heterocycles. The molecule has 3 nitrogen and oxygen atoms in total. The summed E-state index contributed by atoms with van der Waals surface area (Å²) >= 11 is 0. The van der Waals surface area contributed by atoms with E-state index in [1.165, 1.54) is 32.4 Å². The van der Waals surface area contributed by atoms with Crippen LogP contribution in [0.2, 0.25) is 0 Å². The maximum absolute atomic E-state index is 11.3. The molecule has 0 aromatic carbocycles. The molecule has 0 amide bonds. The molecule has 0 aromatic rings. The summed E-state index contributed by atoms with van der Waals surface area (Å²) in [6.45, 7) is 9.91. The van der Waals surface area contributed by atoms with Crippen molar-refractivity contribution < 1.29 is 4.21 Å². The summed E-state index contributed by atoms with van der Waals surface area (Å²) in [4.78, 5) is 2.56. The van der Waals surface area contributed by atoms with E-state index in [1.54, 1.807) is 6.26 Å². The van der Waals surface area contributed by atoms with Crippen LogP contribution in [0.3, 0.4) is 0 Å². The fourth-order valence-electron chi connectivity index (χ4n) is 2.29. The summed E-state index contributed by atoms with van der Waals surface area (Å²) in [6, 6.07) is 1.28. The quantitative estimate of drug-likeness (QED) is 0.815. The van der Waals surface area contributed by atoms with E-state index >= 15 is 0 Å². The van der Waals surface area contributed by atoms with Gasteiger partial charge in [0.15, 0.2) is 0 Å². The Bertz CT molecular complexity index is 246. The molecule has 1 fully saturated rings. The summed E-state index contributed by atoms with van der Waals surface area (Å²) in [5.41, 5.74) is 0. The van der Waals surface area contributed by atoms with Crippen molar-refractivity contribution in [1.82, 2.24) is 10.2 Å². The van der Waals surface area contributed by atoms with Crippen LogP contribution in [-0.4, -0.2) is 52.3 Å². The molecule has 0 radical (unpaired) electrons. The predicted molar refractivity (Wildman–Crippen MR) is 75.9 cm³/mol. The van der Waals surface area contributed by atoms with Crippen molar-refractivity contribution in [2.75, 3.05) is 25.9 Å². The van der Waals surface area contributed by atoms with Crippen LogP contribution in [0.4, 0.5) is 0 Å². The van der Waals surface area contributed by atoms with Gasteiger partial charge in [0.05, 0.1) is 0 Å². The van der Waals surface area contributed by atoms with E-state index in [2.05, 4.69) is 31.0 Å². The Morgan fingerprint density at radius 3 is 2.59 bits per heavy atom. The van der Waals surface area contributed by atoms with Crippen LogP contribution >= 0.6 is 0 Å². The van der Waals surface area contributed by atoms with Crippen LogP contribution in [0.1, 0.15) is 40.0 Å². The van der Waals surface area contributed by atoms with Gasteiger partial charge in [-0.05, 0) is 53.1 Å². The molecule has 17 heavy (non-hydrogen) atoms. The molecule has 1 aliphatic heterocycles. The lowest BCUT2D eigenvalue weighted by Gasteiger charge is -2.24. The van der Waals surface area contributed by atoms with Gasteiger partial charge < -0.3 is 10.2 Å². The first kappa shape index (κ1) is 15.1. The predicted octanol–water partition coefficient (Wildman–Crippen LogP) is 1.61.